The zero-order valence-electron chi connectivity index (χ0n) is 18.1. The van der Waals surface area contributed by atoms with Gasteiger partial charge >= 0.3 is 0 Å². The summed E-state index contributed by atoms with van der Waals surface area (Å²) in [4.78, 5) is 12.7. The minimum atomic E-state index is -3.37. The zero-order chi connectivity index (χ0) is 21.7. The molecule has 1 fully saturated rings. The minimum Gasteiger partial charge on any atom is -0.349 e. The molecule has 162 valence electrons. The molecule has 2 aromatic carbocycles. The van der Waals surface area contributed by atoms with Gasteiger partial charge in [-0.3, -0.25) is 4.79 Å². The molecule has 0 aromatic heterocycles. The molecule has 1 aliphatic rings. The van der Waals surface area contributed by atoms with Gasteiger partial charge in [-0.15, -0.1) is 0 Å². The molecule has 1 atom stereocenters. The number of aryl methyl sites for hydroxylation is 2. The van der Waals surface area contributed by atoms with E-state index in [1.54, 1.807) is 0 Å². The van der Waals surface area contributed by atoms with Crippen molar-refractivity contribution < 1.29 is 13.2 Å². The van der Waals surface area contributed by atoms with Crippen LogP contribution in [0.5, 0.6) is 0 Å². The molecular formula is C24H32N2O3S. The van der Waals surface area contributed by atoms with Crippen molar-refractivity contribution in [3.63, 3.8) is 0 Å². The fraction of sp³-hybridized carbons (Fsp3) is 0.458. The van der Waals surface area contributed by atoms with Gasteiger partial charge in [0.05, 0.1) is 11.8 Å². The first-order valence-electron chi connectivity index (χ1n) is 10.7. The lowest BCUT2D eigenvalue weighted by Crippen LogP contribution is -2.43. The van der Waals surface area contributed by atoms with Crippen LogP contribution in [0.4, 0.5) is 0 Å². The number of nitrogens with one attached hydrogen (secondary N) is 1. The molecule has 0 spiro atoms. The van der Waals surface area contributed by atoms with Gasteiger partial charge < -0.3 is 5.32 Å². The molecule has 5 nitrogen and oxygen atoms in total. The molecule has 30 heavy (non-hydrogen) atoms. The molecule has 2 aromatic rings. The number of carbonyl (C=O) groups is 1. The molecule has 1 aliphatic heterocycles. The highest BCUT2D eigenvalue weighted by Gasteiger charge is 2.31. The predicted octanol–water partition coefficient (Wildman–Crippen LogP) is 3.98. The first-order valence-corrected chi connectivity index (χ1v) is 12.3. The van der Waals surface area contributed by atoms with Crippen LogP contribution in [0.2, 0.25) is 0 Å². The highest BCUT2D eigenvalue weighted by atomic mass is 32.2. The Morgan fingerprint density at radius 1 is 1.10 bits per heavy atom. The highest BCUT2D eigenvalue weighted by Crippen LogP contribution is 2.23. The standard InChI is InChI=1S/C24H32N2O3S/c1-4-20-8-10-22(11-9-20)19(3)25-24(27)23-12-14-26(15-13-23)30(28,29)17-21-7-5-6-18(2)16-21/h5-11,16,19,23H,4,12-15,17H2,1-3H3,(H,25,27)/t19-/m0/s1. The SMILES string of the molecule is CCc1ccc([C@H](C)NC(=O)C2CCN(S(=O)(=O)Cc3cccc(C)c3)CC2)cc1. The third-order valence-electron chi connectivity index (χ3n) is 5.90. The van der Waals surface area contributed by atoms with Gasteiger partial charge in [0.15, 0.2) is 0 Å². The smallest absolute Gasteiger partial charge is 0.223 e. The Bertz CT molecular complexity index is 962. The molecule has 3 rings (SSSR count). The Balaban J connectivity index is 1.53. The van der Waals surface area contributed by atoms with Gasteiger partial charge in [0, 0.05) is 19.0 Å². The summed E-state index contributed by atoms with van der Waals surface area (Å²) < 4.78 is 27.1. The molecule has 0 bridgehead atoms. The van der Waals surface area contributed by atoms with E-state index in [0.717, 1.165) is 23.1 Å². The molecule has 0 unspecified atom stereocenters. The maximum atomic E-state index is 12.8. The van der Waals surface area contributed by atoms with Crippen LogP contribution in [0, 0.1) is 12.8 Å². The lowest BCUT2D eigenvalue weighted by Gasteiger charge is -2.31. The molecule has 0 aliphatic carbocycles. The number of carbonyl (C=O) groups excluding carboxylic acids is 1. The summed E-state index contributed by atoms with van der Waals surface area (Å²) >= 11 is 0. The van der Waals surface area contributed by atoms with Crippen molar-refractivity contribution >= 4 is 15.9 Å². The Hall–Kier alpha value is -2.18. The summed E-state index contributed by atoms with van der Waals surface area (Å²) in [5, 5.41) is 3.10. The van der Waals surface area contributed by atoms with Crippen molar-refractivity contribution in [2.45, 2.75) is 51.8 Å². The Morgan fingerprint density at radius 3 is 2.37 bits per heavy atom. The van der Waals surface area contributed by atoms with Crippen molar-refractivity contribution in [2.24, 2.45) is 5.92 Å². The quantitative estimate of drug-likeness (QED) is 0.725. The number of rotatable bonds is 7. The number of sulfonamides is 1. The van der Waals surface area contributed by atoms with Crippen molar-refractivity contribution in [3.8, 4) is 0 Å². The lowest BCUT2D eigenvalue weighted by molar-refractivity contribution is -0.126. The van der Waals surface area contributed by atoms with Crippen LogP contribution in [0.15, 0.2) is 48.5 Å². The summed E-state index contributed by atoms with van der Waals surface area (Å²) in [5.41, 5.74) is 4.21. The first kappa shape index (κ1) is 22.5. The zero-order valence-corrected chi connectivity index (χ0v) is 18.9. The average molecular weight is 429 g/mol. The van der Waals surface area contributed by atoms with Crippen LogP contribution in [-0.4, -0.2) is 31.7 Å². The summed E-state index contributed by atoms with van der Waals surface area (Å²) in [6, 6.07) is 15.8. The number of amides is 1. The van der Waals surface area contributed by atoms with E-state index in [0.29, 0.717) is 25.9 Å². The Kier molecular flexibility index (Phi) is 7.32. The van der Waals surface area contributed by atoms with E-state index in [4.69, 9.17) is 0 Å². The molecule has 1 heterocycles. The number of hydrogen-bond acceptors (Lipinski definition) is 3. The average Bonchev–Trinajstić information content (AvgIpc) is 2.73. The molecular weight excluding hydrogens is 396 g/mol. The molecule has 0 saturated carbocycles. The monoisotopic (exact) mass is 428 g/mol. The van der Waals surface area contributed by atoms with E-state index < -0.39 is 10.0 Å². The second-order valence-electron chi connectivity index (χ2n) is 8.24. The van der Waals surface area contributed by atoms with E-state index >= 15 is 0 Å². The van der Waals surface area contributed by atoms with Crippen molar-refractivity contribution in [3.05, 3.63) is 70.8 Å². The summed E-state index contributed by atoms with van der Waals surface area (Å²) in [5.74, 6) is -0.123. The number of hydrogen-bond donors (Lipinski definition) is 1. The molecule has 1 N–H and O–H groups in total. The fourth-order valence-electron chi connectivity index (χ4n) is 3.96. The summed E-state index contributed by atoms with van der Waals surface area (Å²) in [6.07, 6.45) is 2.10. The summed E-state index contributed by atoms with van der Waals surface area (Å²) in [6.45, 7) is 6.85. The largest absolute Gasteiger partial charge is 0.349 e. The van der Waals surface area contributed by atoms with Gasteiger partial charge in [-0.25, -0.2) is 12.7 Å². The van der Waals surface area contributed by atoms with Crippen LogP contribution in [-0.2, 0) is 27.0 Å². The maximum Gasteiger partial charge on any atom is 0.223 e. The van der Waals surface area contributed by atoms with Gasteiger partial charge in [-0.05, 0) is 49.8 Å². The van der Waals surface area contributed by atoms with Crippen LogP contribution in [0.25, 0.3) is 0 Å². The van der Waals surface area contributed by atoms with E-state index in [9.17, 15) is 13.2 Å². The normalized spacial score (nSPS) is 16.9. The van der Waals surface area contributed by atoms with Crippen LogP contribution in [0.1, 0.15) is 55.0 Å². The van der Waals surface area contributed by atoms with Gasteiger partial charge in [0.1, 0.15) is 0 Å². The second-order valence-corrected chi connectivity index (χ2v) is 10.2. The van der Waals surface area contributed by atoms with Gasteiger partial charge in [-0.2, -0.15) is 0 Å². The first-order chi connectivity index (χ1) is 14.3. The maximum absolute atomic E-state index is 12.8. The third kappa shape index (κ3) is 5.70. The molecule has 1 amide bonds. The van der Waals surface area contributed by atoms with Gasteiger partial charge in [0.2, 0.25) is 15.9 Å². The molecule has 6 heteroatoms. The van der Waals surface area contributed by atoms with E-state index in [-0.39, 0.29) is 23.6 Å². The predicted molar refractivity (Wildman–Crippen MR) is 120 cm³/mol. The van der Waals surface area contributed by atoms with Gasteiger partial charge in [-0.1, -0.05) is 61.0 Å². The number of benzene rings is 2. The topological polar surface area (TPSA) is 66.5 Å². The van der Waals surface area contributed by atoms with Crippen molar-refractivity contribution in [2.75, 3.05) is 13.1 Å². The van der Waals surface area contributed by atoms with Crippen LogP contribution >= 0.6 is 0 Å². The van der Waals surface area contributed by atoms with Crippen LogP contribution < -0.4 is 5.32 Å². The van der Waals surface area contributed by atoms with E-state index in [1.807, 2.05) is 38.1 Å². The minimum absolute atomic E-state index is 0.0103. The van der Waals surface area contributed by atoms with Gasteiger partial charge in [0.25, 0.3) is 0 Å². The Morgan fingerprint density at radius 2 is 1.77 bits per heavy atom. The third-order valence-corrected chi connectivity index (χ3v) is 7.75. The number of nitrogens with zero attached hydrogens (tertiary/aromatic N) is 1. The fourth-order valence-corrected chi connectivity index (χ4v) is 5.51. The number of piperidine rings is 1. The van der Waals surface area contributed by atoms with E-state index in [2.05, 4.69) is 36.5 Å². The summed E-state index contributed by atoms with van der Waals surface area (Å²) in [7, 11) is -3.37. The van der Waals surface area contributed by atoms with E-state index in [1.165, 1.54) is 9.87 Å². The molecule has 0 radical (unpaired) electrons. The van der Waals surface area contributed by atoms with Crippen molar-refractivity contribution in [1.82, 2.24) is 9.62 Å². The Labute approximate surface area is 180 Å². The van der Waals surface area contributed by atoms with Crippen molar-refractivity contribution in [1.29, 1.82) is 0 Å². The second kappa shape index (κ2) is 9.75. The highest BCUT2D eigenvalue weighted by molar-refractivity contribution is 7.88. The van der Waals surface area contributed by atoms with Crippen LogP contribution in [0.3, 0.4) is 0 Å². The lowest BCUT2D eigenvalue weighted by atomic mass is 9.96. The molecule has 1 saturated heterocycles.